The summed E-state index contributed by atoms with van der Waals surface area (Å²) >= 11 is 3.57. The van der Waals surface area contributed by atoms with Crippen molar-refractivity contribution in [3.63, 3.8) is 0 Å². The van der Waals surface area contributed by atoms with Crippen molar-refractivity contribution in [2.45, 2.75) is 26.8 Å². The van der Waals surface area contributed by atoms with E-state index < -0.39 is 0 Å². The summed E-state index contributed by atoms with van der Waals surface area (Å²) in [5, 5.41) is 4.44. The molecule has 0 aliphatic heterocycles. The van der Waals surface area contributed by atoms with E-state index in [1.165, 1.54) is 0 Å². The number of nitrogens with zero attached hydrogens (tertiary/aromatic N) is 3. The highest BCUT2D eigenvalue weighted by Gasteiger charge is 2.13. The molecule has 18 heavy (non-hydrogen) atoms. The highest BCUT2D eigenvalue weighted by atomic mass is 79.9. The van der Waals surface area contributed by atoms with E-state index in [1.54, 1.807) is 16.7 Å². The van der Waals surface area contributed by atoms with Gasteiger partial charge in [-0.2, -0.15) is 5.10 Å². The number of pyridine rings is 1. The van der Waals surface area contributed by atoms with Crippen LogP contribution in [0, 0.1) is 6.92 Å². The van der Waals surface area contributed by atoms with Gasteiger partial charge >= 0.3 is 0 Å². The molecule has 2 aromatic heterocycles. The average Bonchev–Trinajstić information content (AvgIpc) is 2.60. The lowest BCUT2D eigenvalue weighted by Gasteiger charge is -2.09. The topological polar surface area (TPSA) is 39.8 Å². The van der Waals surface area contributed by atoms with E-state index in [4.69, 9.17) is 0 Å². The fraction of sp³-hybridized carbons (Fsp3) is 0.385. The largest absolute Gasteiger partial charge is 0.307 e. The summed E-state index contributed by atoms with van der Waals surface area (Å²) in [6.45, 7) is 4.54. The van der Waals surface area contributed by atoms with Crippen LogP contribution in [-0.2, 0) is 20.0 Å². The lowest BCUT2D eigenvalue weighted by molar-refractivity contribution is 0.637. The van der Waals surface area contributed by atoms with Crippen LogP contribution in [0.5, 0.6) is 0 Å². The third-order valence-electron chi connectivity index (χ3n) is 3.08. The Bertz CT molecular complexity index is 628. The quantitative estimate of drug-likeness (QED) is 0.872. The molecule has 0 saturated carbocycles. The Hall–Kier alpha value is -1.36. The van der Waals surface area contributed by atoms with Gasteiger partial charge < -0.3 is 4.57 Å². The van der Waals surface area contributed by atoms with Crippen LogP contribution in [-0.4, -0.2) is 14.3 Å². The molecule has 0 saturated heterocycles. The summed E-state index contributed by atoms with van der Waals surface area (Å²) < 4.78 is 4.59. The van der Waals surface area contributed by atoms with Gasteiger partial charge in [-0.15, -0.1) is 0 Å². The molecule has 96 valence electrons. The van der Waals surface area contributed by atoms with Crippen molar-refractivity contribution in [1.29, 1.82) is 0 Å². The molecule has 0 aliphatic carbocycles. The van der Waals surface area contributed by atoms with Gasteiger partial charge in [-0.3, -0.25) is 9.48 Å². The monoisotopic (exact) mass is 309 g/mol. The van der Waals surface area contributed by atoms with Gasteiger partial charge in [-0.05, 0) is 35.3 Å². The van der Waals surface area contributed by atoms with Crippen LogP contribution in [0.15, 0.2) is 27.5 Å². The van der Waals surface area contributed by atoms with Gasteiger partial charge in [0.1, 0.15) is 0 Å². The molecular weight excluding hydrogens is 294 g/mol. The predicted octanol–water partition coefficient (Wildman–Crippen LogP) is 2.26. The fourth-order valence-electron chi connectivity index (χ4n) is 1.97. The molecule has 0 unspecified atom stereocenters. The van der Waals surface area contributed by atoms with Crippen molar-refractivity contribution in [2.24, 2.45) is 7.05 Å². The number of halogens is 1. The third kappa shape index (κ3) is 2.27. The van der Waals surface area contributed by atoms with E-state index >= 15 is 0 Å². The Kier molecular flexibility index (Phi) is 3.71. The fourth-order valence-corrected chi connectivity index (χ4v) is 2.71. The van der Waals surface area contributed by atoms with Gasteiger partial charge in [0.15, 0.2) is 0 Å². The van der Waals surface area contributed by atoms with Crippen molar-refractivity contribution >= 4 is 15.9 Å². The zero-order valence-electron chi connectivity index (χ0n) is 10.8. The van der Waals surface area contributed by atoms with Gasteiger partial charge in [-0.25, -0.2) is 0 Å². The second-order valence-electron chi connectivity index (χ2n) is 4.28. The minimum atomic E-state index is 0.0150. The van der Waals surface area contributed by atoms with Gasteiger partial charge in [0.2, 0.25) is 0 Å². The van der Waals surface area contributed by atoms with Gasteiger partial charge in [-0.1, -0.05) is 13.0 Å². The van der Waals surface area contributed by atoms with E-state index in [0.29, 0.717) is 6.54 Å². The van der Waals surface area contributed by atoms with Crippen LogP contribution in [0.4, 0.5) is 0 Å². The maximum atomic E-state index is 11.9. The molecule has 0 bridgehead atoms. The molecule has 0 aromatic carbocycles. The zero-order valence-corrected chi connectivity index (χ0v) is 12.4. The van der Waals surface area contributed by atoms with Crippen molar-refractivity contribution in [1.82, 2.24) is 14.3 Å². The minimum absolute atomic E-state index is 0.0150. The Morgan fingerprint density at radius 3 is 2.67 bits per heavy atom. The molecule has 0 amide bonds. The first-order valence-corrected chi connectivity index (χ1v) is 6.70. The van der Waals surface area contributed by atoms with Gasteiger partial charge in [0, 0.05) is 18.8 Å². The van der Waals surface area contributed by atoms with Gasteiger partial charge in [0.25, 0.3) is 5.56 Å². The first-order valence-electron chi connectivity index (χ1n) is 5.91. The van der Waals surface area contributed by atoms with Crippen molar-refractivity contribution in [3.05, 3.63) is 50.1 Å². The average molecular weight is 310 g/mol. The molecule has 0 spiro atoms. The van der Waals surface area contributed by atoms with Crippen molar-refractivity contribution in [3.8, 4) is 0 Å². The van der Waals surface area contributed by atoms with Crippen LogP contribution in [0.3, 0.4) is 0 Å². The van der Waals surface area contributed by atoms with Crippen LogP contribution in [0.25, 0.3) is 0 Å². The van der Waals surface area contributed by atoms with Crippen LogP contribution < -0.4 is 5.56 Å². The van der Waals surface area contributed by atoms with E-state index in [1.807, 2.05) is 24.7 Å². The molecule has 0 radical (unpaired) electrons. The second-order valence-corrected chi connectivity index (χ2v) is 5.07. The molecule has 2 aromatic rings. The van der Waals surface area contributed by atoms with E-state index in [9.17, 15) is 4.79 Å². The lowest BCUT2D eigenvalue weighted by atomic mass is 10.3. The second kappa shape index (κ2) is 5.10. The highest BCUT2D eigenvalue weighted by molar-refractivity contribution is 9.10. The summed E-state index contributed by atoms with van der Waals surface area (Å²) in [6, 6.07) is 5.30. The Morgan fingerprint density at radius 2 is 2.11 bits per heavy atom. The molecule has 5 heteroatoms. The molecule has 2 heterocycles. The van der Waals surface area contributed by atoms with Crippen LogP contribution in [0.1, 0.15) is 24.0 Å². The number of aryl methyl sites for hydroxylation is 3. The Balaban J connectivity index is 2.47. The summed E-state index contributed by atoms with van der Waals surface area (Å²) in [5.74, 6) is 0. The van der Waals surface area contributed by atoms with Crippen LogP contribution >= 0.6 is 15.9 Å². The van der Waals surface area contributed by atoms with E-state index in [-0.39, 0.29) is 5.56 Å². The molecule has 2 rings (SSSR count). The van der Waals surface area contributed by atoms with E-state index in [2.05, 4.69) is 28.0 Å². The third-order valence-corrected chi connectivity index (χ3v) is 3.99. The summed E-state index contributed by atoms with van der Waals surface area (Å²) in [7, 11) is 1.91. The maximum Gasteiger partial charge on any atom is 0.251 e. The molecule has 0 aliphatic rings. The maximum absolute atomic E-state index is 11.9. The SMILES string of the molecule is CCc1nn(C)c(Cn2c(C)cccc2=O)c1Br. The normalized spacial score (nSPS) is 10.9. The number of hydrogen-bond donors (Lipinski definition) is 0. The summed E-state index contributed by atoms with van der Waals surface area (Å²) in [4.78, 5) is 11.9. The first kappa shape index (κ1) is 13.1. The minimum Gasteiger partial charge on any atom is -0.307 e. The number of hydrogen-bond acceptors (Lipinski definition) is 2. The van der Waals surface area contributed by atoms with Crippen molar-refractivity contribution in [2.75, 3.05) is 0 Å². The number of rotatable bonds is 3. The summed E-state index contributed by atoms with van der Waals surface area (Å²) in [6.07, 6.45) is 0.872. The van der Waals surface area contributed by atoms with E-state index in [0.717, 1.165) is 28.0 Å². The molecule has 0 N–H and O–H groups in total. The molecule has 0 fully saturated rings. The standard InChI is InChI=1S/C13H16BrN3O/c1-4-10-13(14)11(16(3)15-10)8-17-9(2)6-5-7-12(17)18/h5-7H,4,8H2,1-3H3. The Labute approximate surface area is 114 Å². The highest BCUT2D eigenvalue weighted by Crippen LogP contribution is 2.22. The van der Waals surface area contributed by atoms with Crippen molar-refractivity contribution < 1.29 is 0 Å². The predicted molar refractivity (Wildman–Crippen MR) is 74.8 cm³/mol. The Morgan fingerprint density at radius 1 is 1.39 bits per heavy atom. The molecule has 4 nitrogen and oxygen atoms in total. The van der Waals surface area contributed by atoms with Crippen LogP contribution in [0.2, 0.25) is 0 Å². The molecular formula is C13H16BrN3O. The zero-order chi connectivity index (χ0) is 13.3. The smallest absolute Gasteiger partial charge is 0.251 e. The number of aromatic nitrogens is 3. The van der Waals surface area contributed by atoms with Gasteiger partial charge in [0.05, 0.1) is 22.4 Å². The summed E-state index contributed by atoms with van der Waals surface area (Å²) in [5.41, 5.74) is 3.01. The first-order chi connectivity index (χ1) is 8.54. The lowest BCUT2D eigenvalue weighted by Crippen LogP contribution is -2.22. The molecule has 0 atom stereocenters.